The summed E-state index contributed by atoms with van der Waals surface area (Å²) in [6.45, 7) is 12.2. The van der Waals surface area contributed by atoms with Crippen molar-refractivity contribution in [3.05, 3.63) is 35.1 Å². The molecular weight excluding hydrogens is 1120 g/mol. The highest BCUT2D eigenvalue weighted by Crippen LogP contribution is 2.77. The van der Waals surface area contributed by atoms with Crippen LogP contribution in [-0.2, 0) is 76.3 Å². The summed E-state index contributed by atoms with van der Waals surface area (Å²) in [6, 6.07) is 0. The summed E-state index contributed by atoms with van der Waals surface area (Å²) in [4.78, 5) is 27.4. The third-order valence-electron chi connectivity index (χ3n) is 19.9. The van der Waals surface area contributed by atoms with Gasteiger partial charge in [-0.15, -0.1) is 0 Å². The van der Waals surface area contributed by atoms with Crippen LogP contribution in [0.25, 0.3) is 0 Å². The highest BCUT2D eigenvalue weighted by molar-refractivity contribution is 7.80. The Morgan fingerprint density at radius 2 is 1.35 bits per heavy atom. The van der Waals surface area contributed by atoms with Crippen molar-refractivity contribution in [3.8, 4) is 0 Å². The number of esters is 2. The zero-order chi connectivity index (χ0) is 60.8. The molecule has 11 N–H and O–H groups in total. The molecule has 0 aromatic carbocycles. The normalized spacial score (nSPS) is 48.9. The lowest BCUT2D eigenvalue weighted by atomic mass is 9.40. The SMILES string of the molecule is CO[C@@H]1[C@@H](O)[C@H](O[C@@H]2[C@@H](O)[C@H](O[C@H]3[C@H](O)[C@@H](O)[C@H](O[C@H]4[C@H](O[C@H]5CC[C@]6(C)[C@H]7CC[C@]89C(=O)O[C@@](C)(/C=C\C=C(C)C)[C@H]8[C@@H](OC(C)=O)C[C@@]9(C)C7=C(O)C[C@H]6C5(C)C)OC[C@@H](OS(=O)(=O)O)[C@@H]4O)O[C@@H]3CO)OC[C@H]2O)O[C@H](CO)[C@H]1O. The van der Waals surface area contributed by atoms with Crippen LogP contribution in [0.4, 0.5) is 0 Å². The van der Waals surface area contributed by atoms with Gasteiger partial charge in [-0.25, -0.2) is 4.18 Å². The second-order valence-electron chi connectivity index (χ2n) is 25.4. The predicted octanol–water partition coefficient (Wildman–Crippen LogP) is -0.746. The maximum atomic E-state index is 14.7. The number of allylic oxidation sites excluding steroid dienone is 5. The highest BCUT2D eigenvalue weighted by Gasteiger charge is 2.80. The fourth-order valence-electron chi connectivity index (χ4n) is 16.0. The number of aliphatic hydroxyl groups is 10. The molecule has 0 radical (unpaired) electrons. The van der Waals surface area contributed by atoms with E-state index in [4.69, 9.17) is 56.3 Å². The summed E-state index contributed by atoms with van der Waals surface area (Å²) in [5.74, 6) is -1.92. The van der Waals surface area contributed by atoms with Gasteiger partial charge in [-0.05, 0) is 87.2 Å². The van der Waals surface area contributed by atoms with E-state index in [0.29, 0.717) is 25.7 Å². The van der Waals surface area contributed by atoms with Crippen molar-refractivity contribution in [1.29, 1.82) is 0 Å². The Kier molecular flexibility index (Phi) is 18.6. The summed E-state index contributed by atoms with van der Waals surface area (Å²) < 4.78 is 104. The van der Waals surface area contributed by atoms with Crippen molar-refractivity contribution in [3.63, 3.8) is 0 Å². The first-order valence-electron chi connectivity index (χ1n) is 28.3. The summed E-state index contributed by atoms with van der Waals surface area (Å²) >= 11 is 0. The molecule has 5 heterocycles. The number of carbonyl (C=O) groups is 2. The molecule has 4 aliphatic carbocycles. The Hall–Kier alpha value is -2.89. The molecule has 8 fully saturated rings. The van der Waals surface area contributed by atoms with Crippen LogP contribution in [0, 0.1) is 39.4 Å². The van der Waals surface area contributed by atoms with Gasteiger partial charge in [0.05, 0.1) is 49.6 Å². The topological polar surface area (TPSA) is 402 Å². The number of hydrogen-bond acceptors (Lipinski definition) is 26. The average molecular weight is 1210 g/mol. The molecule has 0 amide bonds. The zero-order valence-corrected chi connectivity index (χ0v) is 48.8. The van der Waals surface area contributed by atoms with E-state index in [-0.39, 0.29) is 30.4 Å². The maximum absolute atomic E-state index is 14.7. The molecular formula is C55H84O27S. The van der Waals surface area contributed by atoms with Gasteiger partial charge in [0.25, 0.3) is 0 Å². The first kappa shape index (κ1) is 64.6. The van der Waals surface area contributed by atoms with E-state index >= 15 is 0 Å². The lowest BCUT2D eigenvalue weighted by Crippen LogP contribution is -2.66. The first-order chi connectivity index (χ1) is 38.8. The Morgan fingerprint density at radius 3 is 1.99 bits per heavy atom. The fourth-order valence-corrected chi connectivity index (χ4v) is 16.5. The molecule has 0 bridgehead atoms. The third-order valence-corrected chi connectivity index (χ3v) is 20.4. The number of cyclic esters (lactones) is 1. The van der Waals surface area contributed by atoms with Crippen molar-refractivity contribution < 1.29 is 130 Å². The molecule has 28 heteroatoms. The van der Waals surface area contributed by atoms with Gasteiger partial charge >= 0.3 is 22.3 Å². The number of methoxy groups -OCH3 is 1. The summed E-state index contributed by atoms with van der Waals surface area (Å²) in [5.41, 5.74) is -2.83. The van der Waals surface area contributed by atoms with Gasteiger partial charge in [-0.3, -0.25) is 14.1 Å². The second kappa shape index (κ2) is 23.9. The molecule has 1 spiro atoms. The van der Waals surface area contributed by atoms with Gasteiger partial charge in [-0.1, -0.05) is 45.4 Å². The molecule has 5 saturated heterocycles. The highest BCUT2D eigenvalue weighted by atomic mass is 32.3. The van der Waals surface area contributed by atoms with Crippen LogP contribution in [-0.4, -0.2) is 238 Å². The average Bonchev–Trinajstić information content (AvgIpc) is 1.56. The lowest BCUT2D eigenvalue weighted by molar-refractivity contribution is -0.385. The molecule has 83 heavy (non-hydrogen) atoms. The van der Waals surface area contributed by atoms with E-state index in [1.807, 2.05) is 59.8 Å². The van der Waals surface area contributed by atoms with E-state index in [9.17, 15) is 73.6 Å². The van der Waals surface area contributed by atoms with E-state index < -0.39 is 205 Å². The molecule has 0 aromatic rings. The Labute approximate surface area is 481 Å². The van der Waals surface area contributed by atoms with Gasteiger partial charge in [-0.2, -0.15) is 8.42 Å². The Morgan fingerprint density at radius 1 is 0.723 bits per heavy atom. The van der Waals surface area contributed by atoms with Crippen LogP contribution in [0.2, 0.25) is 0 Å². The van der Waals surface area contributed by atoms with Crippen LogP contribution in [0.5, 0.6) is 0 Å². The summed E-state index contributed by atoms with van der Waals surface area (Å²) in [5, 5.41) is 112. The molecule has 9 aliphatic rings. The van der Waals surface area contributed by atoms with E-state index in [1.54, 1.807) is 0 Å². The van der Waals surface area contributed by atoms with Crippen molar-refractivity contribution in [1.82, 2.24) is 0 Å². The predicted molar refractivity (Wildman–Crippen MR) is 279 cm³/mol. The fraction of sp³-hybridized carbons (Fsp3) is 0.855. The minimum absolute atomic E-state index is 0.109. The number of hydrogen-bond donors (Lipinski definition) is 11. The third kappa shape index (κ3) is 11.3. The van der Waals surface area contributed by atoms with Gasteiger partial charge < -0.3 is 103 Å². The molecule has 0 unspecified atom stereocenters. The standard InChI is InChI=1S/C55H84O27S/c1-23(2)11-10-14-54(8)45-28(74-24(3)58)18-53(7)34-25(12-16-55(45,53)50(67)81-54)52(6)15-13-33(51(4,5)32(52)17-26(34)59)77-49-44(36(62)31(22-73-49)82-83(68,69)70)80-47-38(64)37(63)42(30(20-57)76-47)79-46-39(65)41(27(60)21-72-46)78-48-40(66)43(71-9)35(61)29(19-56)75-48/h10-11,14,25,27-33,35-49,56-57,59-66H,12-13,15-22H2,1-9H3,(H,68,69,70)/b14-10-/t25-,27+,28-,29+,30+,31+,32-,33-,35+,36-,37+,38+,39+,40+,41-,42+,43-,44+,45+,46-,47-,48-,49-,52+,53-,54-,55+/m0/s1. The first-order valence-corrected chi connectivity index (χ1v) is 29.7. The monoisotopic (exact) mass is 1210 g/mol. The number of ether oxygens (including phenoxy) is 11. The molecule has 9 rings (SSSR count). The van der Waals surface area contributed by atoms with Gasteiger partial charge in [0.1, 0.15) is 97.2 Å². The summed E-state index contributed by atoms with van der Waals surface area (Å²) in [6.07, 6.45) is -24.9. The minimum Gasteiger partial charge on any atom is -0.512 e. The van der Waals surface area contributed by atoms with Gasteiger partial charge in [0.2, 0.25) is 0 Å². The van der Waals surface area contributed by atoms with Crippen molar-refractivity contribution in [2.24, 2.45) is 39.4 Å². The number of aliphatic hydroxyl groups excluding tert-OH is 10. The molecule has 0 aromatic heterocycles. The molecule has 472 valence electrons. The number of fused-ring (bicyclic) bond motifs is 4. The van der Waals surface area contributed by atoms with E-state index in [0.717, 1.165) is 11.1 Å². The smallest absolute Gasteiger partial charge is 0.397 e. The van der Waals surface area contributed by atoms with Crippen LogP contribution >= 0.6 is 0 Å². The van der Waals surface area contributed by atoms with Crippen molar-refractivity contribution >= 4 is 22.3 Å². The van der Waals surface area contributed by atoms with Crippen LogP contribution < -0.4 is 0 Å². The number of carbonyl (C=O) groups excluding carboxylic acids is 2. The molecule has 5 aliphatic heterocycles. The molecule has 3 saturated carbocycles. The summed E-state index contributed by atoms with van der Waals surface area (Å²) in [7, 11) is -4.04. The second-order valence-corrected chi connectivity index (χ2v) is 26.5. The molecule has 27 nitrogen and oxygen atoms in total. The quantitative estimate of drug-likeness (QED) is 0.0515. The lowest BCUT2D eigenvalue weighted by Gasteiger charge is -2.64. The van der Waals surface area contributed by atoms with E-state index in [2.05, 4.69) is 6.92 Å². The molecule has 27 atom stereocenters. The van der Waals surface area contributed by atoms with Crippen LogP contribution in [0.15, 0.2) is 35.1 Å². The number of rotatable bonds is 16. The van der Waals surface area contributed by atoms with Crippen LogP contribution in [0.3, 0.4) is 0 Å². The van der Waals surface area contributed by atoms with E-state index in [1.165, 1.54) is 14.0 Å². The van der Waals surface area contributed by atoms with Crippen LogP contribution in [0.1, 0.15) is 93.9 Å². The Balaban J connectivity index is 0.933. The van der Waals surface area contributed by atoms with Gasteiger partial charge in [0.15, 0.2) is 25.2 Å². The van der Waals surface area contributed by atoms with Gasteiger partial charge in [0, 0.05) is 25.9 Å². The Bertz CT molecular complexity index is 2580. The zero-order valence-electron chi connectivity index (χ0n) is 47.9. The minimum atomic E-state index is -5.23. The largest absolute Gasteiger partial charge is 0.512 e. The van der Waals surface area contributed by atoms with Crippen molar-refractivity contribution in [2.75, 3.05) is 33.5 Å². The maximum Gasteiger partial charge on any atom is 0.397 e. The van der Waals surface area contributed by atoms with Crippen molar-refractivity contribution in [2.45, 2.75) is 222 Å².